The largest absolute Gasteiger partial charge is 0.336 e. The molecule has 166 valence electrons. The van der Waals surface area contributed by atoms with Gasteiger partial charge in [0.2, 0.25) is 0 Å². The van der Waals surface area contributed by atoms with E-state index in [2.05, 4.69) is 42.7 Å². The number of non-ortho nitro benzene ring substituents is 1. The zero-order chi connectivity index (χ0) is 22.4. The van der Waals surface area contributed by atoms with Crippen molar-refractivity contribution in [3.8, 4) is 0 Å². The molecule has 1 heterocycles. The summed E-state index contributed by atoms with van der Waals surface area (Å²) >= 11 is 0. The van der Waals surface area contributed by atoms with E-state index in [9.17, 15) is 14.9 Å². The van der Waals surface area contributed by atoms with E-state index >= 15 is 0 Å². The molecule has 0 unspecified atom stereocenters. The van der Waals surface area contributed by atoms with Crippen molar-refractivity contribution in [3.05, 3.63) is 75.3 Å². The number of rotatable bonds is 8. The Morgan fingerprint density at radius 1 is 1.06 bits per heavy atom. The van der Waals surface area contributed by atoms with E-state index in [1.807, 2.05) is 23.1 Å². The highest BCUT2D eigenvalue weighted by Crippen LogP contribution is 2.17. The van der Waals surface area contributed by atoms with E-state index in [1.54, 1.807) is 12.1 Å². The molecule has 2 aromatic rings. The van der Waals surface area contributed by atoms with Crippen LogP contribution in [-0.2, 0) is 13.1 Å². The van der Waals surface area contributed by atoms with Crippen molar-refractivity contribution in [2.24, 2.45) is 0 Å². The van der Waals surface area contributed by atoms with Crippen LogP contribution in [0.1, 0.15) is 42.3 Å². The van der Waals surface area contributed by atoms with Gasteiger partial charge in [0.25, 0.3) is 11.6 Å². The number of hydrogen-bond donors (Lipinski definition) is 0. The summed E-state index contributed by atoms with van der Waals surface area (Å²) in [7, 11) is 0. The molecular weight excluding hydrogens is 392 g/mol. The summed E-state index contributed by atoms with van der Waals surface area (Å²) in [5.41, 5.74) is 2.98. The lowest BCUT2D eigenvalue weighted by Crippen LogP contribution is -2.48. The molecule has 0 aromatic heterocycles. The second-order valence-electron chi connectivity index (χ2n) is 8.35. The molecule has 0 radical (unpaired) electrons. The fourth-order valence-corrected chi connectivity index (χ4v) is 3.96. The quantitative estimate of drug-likeness (QED) is 0.476. The number of nitrogens with zero attached hydrogens (tertiary/aromatic N) is 4. The first-order chi connectivity index (χ1) is 14.9. The molecule has 7 nitrogen and oxygen atoms in total. The molecule has 0 spiro atoms. The minimum Gasteiger partial charge on any atom is -0.336 e. The van der Waals surface area contributed by atoms with Gasteiger partial charge in [-0.2, -0.15) is 0 Å². The monoisotopic (exact) mass is 424 g/mol. The lowest BCUT2D eigenvalue weighted by Gasteiger charge is -2.34. The Morgan fingerprint density at radius 3 is 2.32 bits per heavy atom. The van der Waals surface area contributed by atoms with Crippen LogP contribution >= 0.6 is 0 Å². The van der Waals surface area contributed by atoms with Crippen molar-refractivity contribution in [1.29, 1.82) is 0 Å². The zero-order valence-corrected chi connectivity index (χ0v) is 18.7. The Hall–Kier alpha value is -2.77. The van der Waals surface area contributed by atoms with Crippen molar-refractivity contribution >= 4 is 11.6 Å². The molecule has 1 fully saturated rings. The van der Waals surface area contributed by atoms with Gasteiger partial charge >= 0.3 is 0 Å². The predicted molar refractivity (Wildman–Crippen MR) is 122 cm³/mol. The van der Waals surface area contributed by atoms with Gasteiger partial charge in [-0.3, -0.25) is 24.7 Å². The number of piperazine rings is 1. The van der Waals surface area contributed by atoms with Crippen LogP contribution in [0.3, 0.4) is 0 Å². The SMILES string of the molecule is CCN(Cc1ccc(C(=O)N2CCN(Cc3cccc([N+](=O)[O-])c3)CC2)cc1)C(C)C. The topological polar surface area (TPSA) is 69.9 Å². The Balaban J connectivity index is 1.53. The van der Waals surface area contributed by atoms with E-state index in [1.165, 1.54) is 11.6 Å². The molecule has 1 saturated heterocycles. The predicted octanol–water partition coefficient (Wildman–Crippen LogP) is 3.78. The molecule has 3 rings (SSSR count). The Morgan fingerprint density at radius 2 is 1.74 bits per heavy atom. The second-order valence-corrected chi connectivity index (χ2v) is 8.35. The molecule has 7 heteroatoms. The van der Waals surface area contributed by atoms with Crippen molar-refractivity contribution in [3.63, 3.8) is 0 Å². The van der Waals surface area contributed by atoms with Crippen LogP contribution in [0.2, 0.25) is 0 Å². The van der Waals surface area contributed by atoms with Gasteiger partial charge in [-0.15, -0.1) is 0 Å². The van der Waals surface area contributed by atoms with Gasteiger partial charge in [0.1, 0.15) is 0 Å². The lowest BCUT2D eigenvalue weighted by atomic mass is 10.1. The number of carbonyl (C=O) groups is 1. The highest BCUT2D eigenvalue weighted by Gasteiger charge is 2.22. The number of hydrogen-bond acceptors (Lipinski definition) is 5. The summed E-state index contributed by atoms with van der Waals surface area (Å²) in [4.78, 5) is 30.0. The standard InChI is InChI=1S/C24H32N4O3/c1-4-26(19(2)3)18-20-8-10-22(11-9-20)24(29)27-14-12-25(13-15-27)17-21-6-5-7-23(16-21)28(30)31/h5-11,16,19H,4,12-15,17-18H2,1-3H3. The molecule has 2 aromatic carbocycles. The third kappa shape index (κ3) is 6.12. The third-order valence-corrected chi connectivity index (χ3v) is 5.91. The molecule has 0 saturated carbocycles. The summed E-state index contributed by atoms with van der Waals surface area (Å²) < 4.78 is 0. The average Bonchev–Trinajstić information content (AvgIpc) is 2.78. The summed E-state index contributed by atoms with van der Waals surface area (Å²) in [5, 5.41) is 11.0. The molecule has 0 aliphatic carbocycles. The van der Waals surface area contributed by atoms with Gasteiger partial charge < -0.3 is 4.90 Å². The van der Waals surface area contributed by atoms with E-state index in [0.29, 0.717) is 25.7 Å². The van der Waals surface area contributed by atoms with Crippen LogP contribution in [-0.4, -0.2) is 64.3 Å². The summed E-state index contributed by atoms with van der Waals surface area (Å²) in [6.45, 7) is 11.9. The first-order valence-corrected chi connectivity index (χ1v) is 10.9. The van der Waals surface area contributed by atoms with E-state index in [4.69, 9.17) is 0 Å². The Labute approximate surface area is 184 Å². The summed E-state index contributed by atoms with van der Waals surface area (Å²) in [6.07, 6.45) is 0. The number of amides is 1. The second kappa shape index (κ2) is 10.5. The van der Waals surface area contributed by atoms with Crippen molar-refractivity contribution < 1.29 is 9.72 Å². The number of benzene rings is 2. The first kappa shape index (κ1) is 22.9. The van der Waals surface area contributed by atoms with Gasteiger partial charge in [0.05, 0.1) is 4.92 Å². The zero-order valence-electron chi connectivity index (χ0n) is 18.7. The van der Waals surface area contributed by atoms with Crippen LogP contribution in [0.4, 0.5) is 5.69 Å². The van der Waals surface area contributed by atoms with Gasteiger partial charge in [0, 0.05) is 63.0 Å². The van der Waals surface area contributed by atoms with Crippen LogP contribution in [0, 0.1) is 10.1 Å². The molecule has 0 atom stereocenters. The van der Waals surface area contributed by atoms with Crippen molar-refractivity contribution in [2.75, 3.05) is 32.7 Å². The highest BCUT2D eigenvalue weighted by molar-refractivity contribution is 5.94. The van der Waals surface area contributed by atoms with Gasteiger partial charge in [-0.05, 0) is 43.7 Å². The number of nitro groups is 1. The molecule has 0 bridgehead atoms. The lowest BCUT2D eigenvalue weighted by molar-refractivity contribution is -0.384. The summed E-state index contributed by atoms with van der Waals surface area (Å²) in [6, 6.07) is 15.2. The number of carbonyl (C=O) groups excluding carboxylic acids is 1. The van der Waals surface area contributed by atoms with E-state index < -0.39 is 0 Å². The van der Waals surface area contributed by atoms with Crippen molar-refractivity contribution in [2.45, 2.75) is 39.9 Å². The maximum absolute atomic E-state index is 12.9. The third-order valence-electron chi connectivity index (χ3n) is 5.91. The molecule has 1 aliphatic heterocycles. The molecular formula is C24H32N4O3. The van der Waals surface area contributed by atoms with Crippen LogP contribution in [0.25, 0.3) is 0 Å². The van der Waals surface area contributed by atoms with Gasteiger partial charge in [-0.1, -0.05) is 31.2 Å². The molecule has 1 aliphatic rings. The average molecular weight is 425 g/mol. The maximum Gasteiger partial charge on any atom is 0.269 e. The Kier molecular flexibility index (Phi) is 7.76. The Bertz CT molecular complexity index is 890. The summed E-state index contributed by atoms with van der Waals surface area (Å²) in [5.74, 6) is 0.0674. The molecule has 0 N–H and O–H groups in total. The highest BCUT2D eigenvalue weighted by atomic mass is 16.6. The molecule has 1 amide bonds. The smallest absolute Gasteiger partial charge is 0.269 e. The van der Waals surface area contributed by atoms with E-state index in [0.717, 1.165) is 37.3 Å². The van der Waals surface area contributed by atoms with Gasteiger partial charge in [-0.25, -0.2) is 0 Å². The molecule has 31 heavy (non-hydrogen) atoms. The fraction of sp³-hybridized carbons (Fsp3) is 0.458. The van der Waals surface area contributed by atoms with E-state index in [-0.39, 0.29) is 16.5 Å². The minimum atomic E-state index is -0.367. The normalized spacial score (nSPS) is 14.9. The van der Waals surface area contributed by atoms with Crippen molar-refractivity contribution in [1.82, 2.24) is 14.7 Å². The maximum atomic E-state index is 12.9. The fourth-order valence-electron chi connectivity index (χ4n) is 3.96. The number of nitro benzene ring substituents is 1. The first-order valence-electron chi connectivity index (χ1n) is 10.9. The van der Waals surface area contributed by atoms with Gasteiger partial charge in [0.15, 0.2) is 0 Å². The van der Waals surface area contributed by atoms with Crippen LogP contribution in [0.5, 0.6) is 0 Å². The van der Waals surface area contributed by atoms with Crippen LogP contribution in [0.15, 0.2) is 48.5 Å². The van der Waals surface area contributed by atoms with Crippen LogP contribution < -0.4 is 0 Å². The minimum absolute atomic E-state index is 0.0674.